The highest BCUT2D eigenvalue weighted by Crippen LogP contribution is 2.19. The Morgan fingerprint density at radius 2 is 2.16 bits per heavy atom. The van der Waals surface area contributed by atoms with Crippen LogP contribution >= 0.6 is 0 Å². The number of piperidine rings is 1. The summed E-state index contributed by atoms with van der Waals surface area (Å²) in [5.41, 5.74) is 0.856. The molecule has 3 rings (SSSR count). The maximum atomic E-state index is 12.3. The van der Waals surface area contributed by atoms with E-state index >= 15 is 0 Å². The normalized spacial score (nSPS) is 17.4. The Labute approximate surface area is 148 Å². The summed E-state index contributed by atoms with van der Waals surface area (Å²) < 4.78 is 5.74. The van der Waals surface area contributed by atoms with Crippen LogP contribution in [0.3, 0.4) is 0 Å². The summed E-state index contributed by atoms with van der Waals surface area (Å²) in [5, 5.41) is 2.95. The third-order valence-corrected chi connectivity index (χ3v) is 4.65. The van der Waals surface area contributed by atoms with E-state index in [1.807, 2.05) is 13.0 Å². The molecule has 0 radical (unpaired) electrons. The second-order valence-corrected chi connectivity index (χ2v) is 7.00. The first kappa shape index (κ1) is 17.6. The number of rotatable bonds is 6. The van der Waals surface area contributed by atoms with Crippen LogP contribution in [0.25, 0.3) is 0 Å². The van der Waals surface area contributed by atoms with Crippen molar-refractivity contribution in [3.05, 3.63) is 47.9 Å². The average molecular weight is 342 g/mol. The molecule has 2 aromatic heterocycles. The Hall–Kier alpha value is -2.21. The minimum absolute atomic E-state index is 0.0404. The van der Waals surface area contributed by atoms with Gasteiger partial charge in [0.1, 0.15) is 5.76 Å². The van der Waals surface area contributed by atoms with E-state index in [0.717, 1.165) is 37.0 Å². The maximum absolute atomic E-state index is 12.3. The molecule has 0 spiro atoms. The molecule has 3 heterocycles. The van der Waals surface area contributed by atoms with Crippen molar-refractivity contribution in [3.8, 4) is 0 Å². The lowest BCUT2D eigenvalue weighted by Crippen LogP contribution is -2.34. The number of nitrogens with zero attached hydrogens (tertiary/aromatic N) is 3. The number of hydrogen-bond acceptors (Lipinski definition) is 5. The average Bonchev–Trinajstić information content (AvgIpc) is 3.06. The molecule has 134 valence electrons. The van der Waals surface area contributed by atoms with Gasteiger partial charge in [0, 0.05) is 31.1 Å². The second-order valence-electron chi connectivity index (χ2n) is 7.00. The topological polar surface area (TPSA) is 71.3 Å². The first-order chi connectivity index (χ1) is 12.1. The lowest BCUT2D eigenvalue weighted by atomic mass is 9.99. The van der Waals surface area contributed by atoms with Crippen molar-refractivity contribution in [2.75, 3.05) is 13.1 Å². The first-order valence-corrected chi connectivity index (χ1v) is 8.97. The summed E-state index contributed by atoms with van der Waals surface area (Å²) in [6, 6.07) is 3.62. The molecular weight excluding hydrogens is 316 g/mol. The molecule has 1 fully saturated rings. The lowest BCUT2D eigenvalue weighted by Gasteiger charge is -2.29. The highest BCUT2D eigenvalue weighted by atomic mass is 16.4. The number of likely N-dealkylation sites (tertiary alicyclic amines) is 1. The van der Waals surface area contributed by atoms with Crippen LogP contribution in [0.2, 0.25) is 0 Å². The van der Waals surface area contributed by atoms with Gasteiger partial charge >= 0.3 is 0 Å². The minimum Gasteiger partial charge on any atom is -0.455 e. The van der Waals surface area contributed by atoms with Crippen molar-refractivity contribution in [3.63, 3.8) is 0 Å². The van der Waals surface area contributed by atoms with E-state index in [-0.39, 0.29) is 11.9 Å². The molecule has 6 nitrogen and oxygen atoms in total. The van der Waals surface area contributed by atoms with Crippen molar-refractivity contribution < 1.29 is 9.21 Å². The summed E-state index contributed by atoms with van der Waals surface area (Å²) >= 11 is 0. The van der Waals surface area contributed by atoms with Gasteiger partial charge in [0.25, 0.3) is 5.91 Å². The molecule has 1 atom stereocenters. The molecule has 1 N–H and O–H groups in total. The van der Waals surface area contributed by atoms with Gasteiger partial charge in [-0.3, -0.25) is 19.7 Å². The number of aromatic nitrogens is 2. The quantitative estimate of drug-likeness (QED) is 0.874. The van der Waals surface area contributed by atoms with Crippen LogP contribution in [-0.4, -0.2) is 39.9 Å². The summed E-state index contributed by atoms with van der Waals surface area (Å²) in [6.07, 6.45) is 8.11. The molecule has 0 aliphatic carbocycles. The van der Waals surface area contributed by atoms with Crippen LogP contribution in [0.5, 0.6) is 0 Å². The maximum Gasteiger partial charge on any atom is 0.287 e. The summed E-state index contributed by atoms with van der Waals surface area (Å²) in [5.74, 6) is 1.84. The van der Waals surface area contributed by atoms with Crippen LogP contribution in [0.15, 0.2) is 35.1 Å². The Bertz CT molecular complexity index is 678. The van der Waals surface area contributed by atoms with Crippen LogP contribution in [0.1, 0.15) is 48.7 Å². The fourth-order valence-electron chi connectivity index (χ4n) is 3.12. The number of nitrogens with one attached hydrogen (secondary N) is 1. The molecule has 2 aromatic rings. The third kappa shape index (κ3) is 5.13. The number of carbonyl (C=O) groups is 1. The van der Waals surface area contributed by atoms with Gasteiger partial charge in [0.2, 0.25) is 0 Å². The molecule has 0 bridgehead atoms. The fraction of sp³-hybridized carbons (Fsp3) is 0.526. The highest BCUT2D eigenvalue weighted by molar-refractivity contribution is 5.91. The predicted octanol–water partition coefficient (Wildman–Crippen LogP) is 2.66. The smallest absolute Gasteiger partial charge is 0.287 e. The van der Waals surface area contributed by atoms with Gasteiger partial charge in [-0.15, -0.1) is 0 Å². The zero-order valence-corrected chi connectivity index (χ0v) is 14.9. The van der Waals surface area contributed by atoms with Crippen molar-refractivity contribution in [1.29, 1.82) is 0 Å². The lowest BCUT2D eigenvalue weighted by molar-refractivity contribution is 0.0906. The standard InChI is InChI=1S/C19H26N4O2/c1-14-5-9-23(10-6-14)13-17-3-4-18(25-17)19(24)22-15(2)11-16-12-20-7-8-21-16/h3-4,7-8,12,14-15H,5-6,9-11,13H2,1-2H3,(H,22,24)/t15-/m1/s1. The third-order valence-electron chi connectivity index (χ3n) is 4.65. The highest BCUT2D eigenvalue weighted by Gasteiger charge is 2.19. The van der Waals surface area contributed by atoms with Gasteiger partial charge in [-0.05, 0) is 50.9 Å². The Morgan fingerprint density at radius 1 is 1.36 bits per heavy atom. The predicted molar refractivity (Wildman–Crippen MR) is 95.0 cm³/mol. The molecular formula is C19H26N4O2. The van der Waals surface area contributed by atoms with Gasteiger partial charge in [0.05, 0.1) is 12.2 Å². The zero-order chi connectivity index (χ0) is 17.6. The van der Waals surface area contributed by atoms with Crippen LogP contribution in [0.4, 0.5) is 0 Å². The monoisotopic (exact) mass is 342 g/mol. The first-order valence-electron chi connectivity index (χ1n) is 8.97. The second kappa shape index (κ2) is 8.25. The molecule has 1 amide bonds. The van der Waals surface area contributed by atoms with Crippen molar-refractivity contribution >= 4 is 5.91 Å². The zero-order valence-electron chi connectivity index (χ0n) is 14.9. The number of furan rings is 1. The molecule has 1 saturated heterocycles. The fourth-order valence-corrected chi connectivity index (χ4v) is 3.12. The van der Waals surface area contributed by atoms with Gasteiger partial charge < -0.3 is 9.73 Å². The molecule has 6 heteroatoms. The Morgan fingerprint density at radius 3 is 2.88 bits per heavy atom. The van der Waals surface area contributed by atoms with Crippen molar-refractivity contribution in [2.45, 2.75) is 45.7 Å². The van der Waals surface area contributed by atoms with Crippen LogP contribution < -0.4 is 5.32 Å². The van der Waals surface area contributed by atoms with E-state index < -0.39 is 0 Å². The number of carbonyl (C=O) groups excluding carboxylic acids is 1. The number of hydrogen-bond donors (Lipinski definition) is 1. The summed E-state index contributed by atoms with van der Waals surface area (Å²) in [7, 11) is 0. The molecule has 0 aromatic carbocycles. The van der Waals surface area contributed by atoms with E-state index in [9.17, 15) is 4.79 Å². The van der Waals surface area contributed by atoms with Crippen molar-refractivity contribution in [1.82, 2.24) is 20.2 Å². The number of amides is 1. The molecule has 0 unspecified atom stereocenters. The minimum atomic E-state index is -0.185. The van der Waals surface area contributed by atoms with Gasteiger partial charge in [-0.2, -0.15) is 0 Å². The Kier molecular flexibility index (Phi) is 5.81. The SMILES string of the molecule is CC1CCN(Cc2ccc(C(=O)N[C@H](C)Cc3cnccn3)o2)CC1. The molecule has 1 aliphatic heterocycles. The molecule has 0 saturated carbocycles. The van der Waals surface area contributed by atoms with Crippen molar-refractivity contribution in [2.24, 2.45) is 5.92 Å². The van der Waals surface area contributed by atoms with Crippen LogP contribution in [-0.2, 0) is 13.0 Å². The Balaban J connectivity index is 1.50. The molecule has 1 aliphatic rings. The summed E-state index contributed by atoms with van der Waals surface area (Å²) in [4.78, 5) is 23.0. The van der Waals surface area contributed by atoms with Gasteiger partial charge in [-0.1, -0.05) is 6.92 Å². The van der Waals surface area contributed by atoms with Gasteiger partial charge in [-0.25, -0.2) is 0 Å². The van der Waals surface area contributed by atoms with Gasteiger partial charge in [0.15, 0.2) is 5.76 Å². The summed E-state index contributed by atoms with van der Waals surface area (Å²) in [6.45, 7) is 7.21. The van der Waals surface area contributed by atoms with E-state index in [1.54, 1.807) is 24.7 Å². The van der Waals surface area contributed by atoms with E-state index in [4.69, 9.17) is 4.42 Å². The largest absolute Gasteiger partial charge is 0.455 e. The van der Waals surface area contributed by atoms with E-state index in [0.29, 0.717) is 12.2 Å². The van der Waals surface area contributed by atoms with Crippen LogP contribution in [0, 0.1) is 5.92 Å². The molecule has 25 heavy (non-hydrogen) atoms. The van der Waals surface area contributed by atoms with E-state index in [2.05, 4.69) is 27.1 Å². The van der Waals surface area contributed by atoms with E-state index in [1.165, 1.54) is 12.8 Å².